The molecule has 1 heterocycles. The third-order valence-electron chi connectivity index (χ3n) is 3.84. The smallest absolute Gasteiger partial charge is 0.337 e. The summed E-state index contributed by atoms with van der Waals surface area (Å²) in [5, 5.41) is 21.8. The average molecular weight is 292 g/mol. The van der Waals surface area contributed by atoms with E-state index in [1.807, 2.05) is 0 Å². The predicted molar refractivity (Wildman–Crippen MR) is 76.3 cm³/mol. The first-order valence-electron chi connectivity index (χ1n) is 7.19. The summed E-state index contributed by atoms with van der Waals surface area (Å²) in [6, 6.07) is 2.51. The Morgan fingerprint density at radius 3 is 2.62 bits per heavy atom. The van der Waals surface area contributed by atoms with Gasteiger partial charge in [-0.1, -0.05) is 19.3 Å². The molecular weight excluding hydrogens is 272 g/mol. The van der Waals surface area contributed by atoms with Gasteiger partial charge in [0.25, 0.3) is 5.91 Å². The highest BCUT2D eigenvalue weighted by Crippen LogP contribution is 2.18. The van der Waals surface area contributed by atoms with Crippen LogP contribution in [0, 0.1) is 6.92 Å². The van der Waals surface area contributed by atoms with Crippen molar-refractivity contribution < 1.29 is 19.8 Å². The molecule has 0 aliphatic heterocycles. The number of carboxylic acid groups (broad SMARTS) is 1. The number of nitrogens with one attached hydrogen (secondary N) is 1. The van der Waals surface area contributed by atoms with Gasteiger partial charge in [-0.15, -0.1) is 0 Å². The normalized spacial score (nSPS) is 22.4. The molecular formula is C15H20N2O4. The average Bonchev–Trinajstić information content (AvgIpc) is 2.63. The van der Waals surface area contributed by atoms with Gasteiger partial charge in [0.1, 0.15) is 5.69 Å². The molecule has 6 heteroatoms. The zero-order valence-electron chi connectivity index (χ0n) is 12.0. The van der Waals surface area contributed by atoms with E-state index in [9.17, 15) is 14.7 Å². The summed E-state index contributed by atoms with van der Waals surface area (Å²) in [4.78, 5) is 27.1. The Balaban J connectivity index is 2.09. The SMILES string of the molecule is Cc1nc(C(=O)NC2CCCCCC2O)ccc1C(=O)O. The Hall–Kier alpha value is -1.95. The third-order valence-corrected chi connectivity index (χ3v) is 3.84. The summed E-state index contributed by atoms with van der Waals surface area (Å²) >= 11 is 0. The van der Waals surface area contributed by atoms with Gasteiger partial charge in [-0.05, 0) is 31.9 Å². The van der Waals surface area contributed by atoms with E-state index in [1.165, 1.54) is 12.1 Å². The molecule has 1 fully saturated rings. The van der Waals surface area contributed by atoms with Crippen molar-refractivity contribution in [1.82, 2.24) is 10.3 Å². The fourth-order valence-corrected chi connectivity index (χ4v) is 2.61. The molecule has 114 valence electrons. The largest absolute Gasteiger partial charge is 0.478 e. The number of hydrogen-bond donors (Lipinski definition) is 3. The Morgan fingerprint density at radius 2 is 1.95 bits per heavy atom. The Kier molecular flexibility index (Phi) is 4.90. The second-order valence-corrected chi connectivity index (χ2v) is 5.42. The predicted octanol–water partition coefficient (Wildman–Crippen LogP) is 1.51. The van der Waals surface area contributed by atoms with Crippen molar-refractivity contribution in [2.45, 2.75) is 51.2 Å². The van der Waals surface area contributed by atoms with Crippen molar-refractivity contribution in [3.63, 3.8) is 0 Å². The van der Waals surface area contributed by atoms with E-state index < -0.39 is 12.1 Å². The number of aromatic nitrogens is 1. The molecule has 3 N–H and O–H groups in total. The number of carbonyl (C=O) groups excluding carboxylic acids is 1. The minimum Gasteiger partial charge on any atom is -0.478 e. The van der Waals surface area contributed by atoms with Crippen LogP contribution >= 0.6 is 0 Å². The lowest BCUT2D eigenvalue weighted by atomic mass is 10.1. The first kappa shape index (κ1) is 15.4. The van der Waals surface area contributed by atoms with E-state index in [-0.39, 0.29) is 23.2 Å². The molecule has 6 nitrogen and oxygen atoms in total. The van der Waals surface area contributed by atoms with E-state index in [0.29, 0.717) is 12.1 Å². The lowest BCUT2D eigenvalue weighted by Gasteiger charge is -2.21. The highest BCUT2D eigenvalue weighted by atomic mass is 16.4. The topological polar surface area (TPSA) is 99.5 Å². The number of aromatic carboxylic acids is 1. The summed E-state index contributed by atoms with van der Waals surface area (Å²) in [5.74, 6) is -1.44. The summed E-state index contributed by atoms with van der Waals surface area (Å²) < 4.78 is 0. The Labute approximate surface area is 123 Å². The van der Waals surface area contributed by atoms with E-state index in [2.05, 4.69) is 10.3 Å². The molecule has 2 atom stereocenters. The summed E-state index contributed by atoms with van der Waals surface area (Å²) in [6.07, 6.45) is 3.92. The van der Waals surface area contributed by atoms with Crippen molar-refractivity contribution in [1.29, 1.82) is 0 Å². The van der Waals surface area contributed by atoms with Gasteiger partial charge >= 0.3 is 5.97 Å². The zero-order chi connectivity index (χ0) is 15.4. The maximum atomic E-state index is 12.2. The molecule has 0 bridgehead atoms. The van der Waals surface area contributed by atoms with Crippen LogP contribution in [0.15, 0.2) is 12.1 Å². The van der Waals surface area contributed by atoms with E-state index in [1.54, 1.807) is 6.92 Å². The molecule has 1 aromatic heterocycles. The molecule has 1 aliphatic rings. The van der Waals surface area contributed by atoms with Crippen molar-refractivity contribution in [3.8, 4) is 0 Å². The lowest BCUT2D eigenvalue weighted by molar-refractivity contribution is 0.0694. The summed E-state index contributed by atoms with van der Waals surface area (Å²) in [6.45, 7) is 1.56. The Bertz CT molecular complexity index is 544. The highest BCUT2D eigenvalue weighted by Gasteiger charge is 2.24. The van der Waals surface area contributed by atoms with Crippen LogP contribution in [0.4, 0.5) is 0 Å². The minimum atomic E-state index is -1.06. The van der Waals surface area contributed by atoms with Gasteiger partial charge < -0.3 is 15.5 Å². The molecule has 1 saturated carbocycles. The first-order valence-corrected chi connectivity index (χ1v) is 7.19. The van der Waals surface area contributed by atoms with Gasteiger partial charge in [0.15, 0.2) is 0 Å². The summed E-state index contributed by atoms with van der Waals surface area (Å²) in [7, 11) is 0. The second-order valence-electron chi connectivity index (χ2n) is 5.42. The molecule has 1 aromatic rings. The van der Waals surface area contributed by atoms with Gasteiger partial charge in [-0.2, -0.15) is 0 Å². The van der Waals surface area contributed by atoms with Crippen molar-refractivity contribution in [2.24, 2.45) is 0 Å². The fourth-order valence-electron chi connectivity index (χ4n) is 2.61. The van der Waals surface area contributed by atoms with Crippen molar-refractivity contribution >= 4 is 11.9 Å². The number of aryl methyl sites for hydroxylation is 1. The number of amides is 1. The maximum Gasteiger partial charge on any atom is 0.337 e. The van der Waals surface area contributed by atoms with Crippen LogP contribution in [0.25, 0.3) is 0 Å². The standard InChI is InChI=1S/C15H20N2O4/c1-9-10(15(20)21)7-8-12(16-9)14(19)17-11-5-3-2-4-6-13(11)18/h7-8,11,13,18H,2-6H2,1H3,(H,17,19)(H,20,21). The quantitative estimate of drug-likeness (QED) is 0.733. The lowest BCUT2D eigenvalue weighted by Crippen LogP contribution is -2.43. The molecule has 21 heavy (non-hydrogen) atoms. The number of hydrogen-bond acceptors (Lipinski definition) is 4. The van der Waals surface area contributed by atoms with E-state index in [4.69, 9.17) is 5.11 Å². The van der Waals surface area contributed by atoms with Gasteiger partial charge in [0, 0.05) is 0 Å². The van der Waals surface area contributed by atoms with Crippen LogP contribution in [0.2, 0.25) is 0 Å². The van der Waals surface area contributed by atoms with Crippen LogP contribution in [-0.2, 0) is 0 Å². The Morgan fingerprint density at radius 1 is 1.24 bits per heavy atom. The van der Waals surface area contributed by atoms with E-state index >= 15 is 0 Å². The number of aliphatic hydroxyl groups is 1. The molecule has 2 rings (SSSR count). The van der Waals surface area contributed by atoms with E-state index in [0.717, 1.165) is 25.7 Å². The number of nitrogens with zero attached hydrogens (tertiary/aromatic N) is 1. The van der Waals surface area contributed by atoms with Crippen molar-refractivity contribution in [2.75, 3.05) is 0 Å². The third kappa shape index (κ3) is 3.78. The molecule has 0 radical (unpaired) electrons. The number of carbonyl (C=O) groups is 2. The number of carboxylic acids is 1. The number of aliphatic hydroxyl groups excluding tert-OH is 1. The zero-order valence-corrected chi connectivity index (χ0v) is 12.0. The van der Waals surface area contributed by atoms with Crippen molar-refractivity contribution in [3.05, 3.63) is 29.1 Å². The number of rotatable bonds is 3. The summed E-state index contributed by atoms with van der Waals surface area (Å²) in [5.41, 5.74) is 0.562. The highest BCUT2D eigenvalue weighted by molar-refractivity contribution is 5.94. The first-order chi connectivity index (χ1) is 9.99. The van der Waals surface area contributed by atoms with Crippen LogP contribution in [0.5, 0.6) is 0 Å². The van der Waals surface area contributed by atoms with Crippen LogP contribution in [0.1, 0.15) is 58.6 Å². The molecule has 0 aromatic carbocycles. The van der Waals surface area contributed by atoms with Gasteiger partial charge in [0.05, 0.1) is 23.4 Å². The molecule has 1 aliphatic carbocycles. The van der Waals surface area contributed by atoms with Gasteiger partial charge in [0.2, 0.25) is 0 Å². The monoisotopic (exact) mass is 292 g/mol. The molecule has 0 spiro atoms. The van der Waals surface area contributed by atoms with Crippen LogP contribution in [-0.4, -0.2) is 39.2 Å². The minimum absolute atomic E-state index is 0.0843. The second kappa shape index (κ2) is 6.67. The van der Waals surface area contributed by atoms with Gasteiger partial charge in [-0.3, -0.25) is 4.79 Å². The maximum absolute atomic E-state index is 12.2. The van der Waals surface area contributed by atoms with Crippen LogP contribution < -0.4 is 5.32 Å². The number of pyridine rings is 1. The molecule has 1 amide bonds. The van der Waals surface area contributed by atoms with Gasteiger partial charge in [-0.25, -0.2) is 9.78 Å². The molecule has 2 unspecified atom stereocenters. The van der Waals surface area contributed by atoms with Crippen LogP contribution in [0.3, 0.4) is 0 Å². The molecule has 0 saturated heterocycles. The fraction of sp³-hybridized carbons (Fsp3) is 0.533.